The number of rotatable bonds is 3. The van der Waals surface area contributed by atoms with Crippen molar-refractivity contribution in [2.24, 2.45) is 5.73 Å². The van der Waals surface area contributed by atoms with Gasteiger partial charge in [0.25, 0.3) is 0 Å². The zero-order chi connectivity index (χ0) is 8.15. The highest BCUT2D eigenvalue weighted by Gasteiger charge is 1.98. The van der Waals surface area contributed by atoms with E-state index in [1.807, 2.05) is 26.0 Å². The lowest BCUT2D eigenvalue weighted by atomic mass is 10.5. The second kappa shape index (κ2) is 4.46. The third-order valence-corrected chi connectivity index (χ3v) is 1.57. The van der Waals surface area contributed by atoms with Crippen LogP contribution in [-0.4, -0.2) is 49.1 Å². The smallest absolute Gasteiger partial charge is 0.166 e. The maximum Gasteiger partial charge on any atom is 0.166 e. The van der Waals surface area contributed by atoms with Gasteiger partial charge in [0.1, 0.15) is 0 Å². The Morgan fingerprint density at radius 1 is 1.30 bits per heavy atom. The van der Waals surface area contributed by atoms with Crippen molar-refractivity contribution in [2.75, 3.05) is 34.2 Å². The minimum Gasteiger partial charge on any atom is -0.376 e. The zero-order valence-electron chi connectivity index (χ0n) is 6.79. The zero-order valence-corrected chi connectivity index (χ0v) is 7.61. The average Bonchev–Trinajstić information content (AvgIpc) is 1.82. The van der Waals surface area contributed by atoms with Gasteiger partial charge in [-0.2, -0.15) is 0 Å². The van der Waals surface area contributed by atoms with Gasteiger partial charge in [-0.05, 0) is 26.3 Å². The van der Waals surface area contributed by atoms with Crippen LogP contribution in [0.15, 0.2) is 0 Å². The lowest BCUT2D eigenvalue weighted by molar-refractivity contribution is 0.358. The molecule has 0 aromatic carbocycles. The molecule has 0 heterocycles. The molecular weight excluding hydrogens is 146 g/mol. The summed E-state index contributed by atoms with van der Waals surface area (Å²) in [4.78, 5) is 3.95. The molecule has 0 aliphatic heterocycles. The largest absolute Gasteiger partial charge is 0.376 e. The molecule has 0 atom stereocenters. The molecule has 0 bridgehead atoms. The third kappa shape index (κ3) is 4.52. The second-order valence-corrected chi connectivity index (χ2v) is 2.98. The van der Waals surface area contributed by atoms with E-state index in [0.717, 1.165) is 13.1 Å². The Hall–Kier alpha value is -0.350. The first kappa shape index (κ1) is 9.65. The van der Waals surface area contributed by atoms with Crippen molar-refractivity contribution < 1.29 is 0 Å². The summed E-state index contributed by atoms with van der Waals surface area (Å²) in [5.74, 6) is 0. The van der Waals surface area contributed by atoms with Crippen LogP contribution >= 0.6 is 12.2 Å². The number of thiocarbonyl (C=S) groups is 1. The Morgan fingerprint density at radius 3 is 2.10 bits per heavy atom. The molecule has 10 heavy (non-hydrogen) atoms. The van der Waals surface area contributed by atoms with E-state index in [1.165, 1.54) is 0 Å². The van der Waals surface area contributed by atoms with Crippen LogP contribution in [-0.2, 0) is 0 Å². The normalized spacial score (nSPS) is 10.0. The van der Waals surface area contributed by atoms with E-state index in [9.17, 15) is 0 Å². The summed E-state index contributed by atoms with van der Waals surface area (Å²) >= 11 is 4.76. The molecule has 0 aromatic rings. The monoisotopic (exact) mass is 161 g/mol. The van der Waals surface area contributed by atoms with E-state index in [2.05, 4.69) is 4.90 Å². The number of hydrogen-bond donors (Lipinski definition) is 1. The molecule has 60 valence electrons. The second-order valence-electron chi connectivity index (χ2n) is 2.56. The van der Waals surface area contributed by atoms with Crippen molar-refractivity contribution in [2.45, 2.75) is 0 Å². The van der Waals surface area contributed by atoms with Gasteiger partial charge in [-0.3, -0.25) is 0 Å². The highest BCUT2D eigenvalue weighted by atomic mass is 32.1. The third-order valence-electron chi connectivity index (χ3n) is 1.26. The van der Waals surface area contributed by atoms with E-state index in [0.29, 0.717) is 5.11 Å². The summed E-state index contributed by atoms with van der Waals surface area (Å²) in [7, 11) is 5.94. The summed E-state index contributed by atoms with van der Waals surface area (Å²) < 4.78 is 0. The predicted octanol–water partition coefficient (Wildman–Crippen LogP) is -0.277. The first-order chi connectivity index (χ1) is 4.54. The molecule has 0 rings (SSSR count). The van der Waals surface area contributed by atoms with Crippen LogP contribution in [0.5, 0.6) is 0 Å². The lowest BCUT2D eigenvalue weighted by Crippen LogP contribution is -2.36. The van der Waals surface area contributed by atoms with Crippen LogP contribution in [0.3, 0.4) is 0 Å². The van der Waals surface area contributed by atoms with E-state index >= 15 is 0 Å². The van der Waals surface area contributed by atoms with Crippen molar-refractivity contribution in [3.8, 4) is 0 Å². The van der Waals surface area contributed by atoms with Crippen molar-refractivity contribution in [1.82, 2.24) is 9.80 Å². The molecule has 0 saturated heterocycles. The Labute approximate surface area is 67.8 Å². The number of hydrogen-bond acceptors (Lipinski definition) is 2. The summed E-state index contributed by atoms with van der Waals surface area (Å²) in [5.41, 5.74) is 5.36. The highest BCUT2D eigenvalue weighted by Crippen LogP contribution is 1.82. The molecule has 2 N–H and O–H groups in total. The molecule has 0 unspecified atom stereocenters. The molecule has 3 nitrogen and oxygen atoms in total. The van der Waals surface area contributed by atoms with Crippen molar-refractivity contribution in [1.29, 1.82) is 0 Å². The summed E-state index contributed by atoms with van der Waals surface area (Å²) in [6.07, 6.45) is 0. The molecule has 0 aliphatic rings. The van der Waals surface area contributed by atoms with Crippen LogP contribution in [0, 0.1) is 0 Å². The average molecular weight is 161 g/mol. The van der Waals surface area contributed by atoms with Crippen LogP contribution in [0.25, 0.3) is 0 Å². The number of likely N-dealkylation sites (N-methyl/N-ethyl adjacent to an activating group) is 2. The number of nitrogens with zero attached hydrogens (tertiary/aromatic N) is 2. The van der Waals surface area contributed by atoms with E-state index < -0.39 is 0 Å². The quantitative estimate of drug-likeness (QED) is 0.577. The summed E-state index contributed by atoms with van der Waals surface area (Å²) in [6, 6.07) is 0. The topological polar surface area (TPSA) is 32.5 Å². The van der Waals surface area contributed by atoms with Crippen molar-refractivity contribution in [3.05, 3.63) is 0 Å². The van der Waals surface area contributed by atoms with Crippen molar-refractivity contribution in [3.63, 3.8) is 0 Å². The van der Waals surface area contributed by atoms with Gasteiger partial charge in [0.15, 0.2) is 5.11 Å². The van der Waals surface area contributed by atoms with Crippen molar-refractivity contribution >= 4 is 17.3 Å². The molecular formula is C6H15N3S. The first-order valence-electron chi connectivity index (χ1n) is 3.19. The predicted molar refractivity (Wildman–Crippen MR) is 48.0 cm³/mol. The SMILES string of the molecule is CN(C)CCN(C)C(N)=S. The van der Waals surface area contributed by atoms with Gasteiger partial charge in [0.2, 0.25) is 0 Å². The lowest BCUT2D eigenvalue weighted by Gasteiger charge is -2.18. The Balaban J connectivity index is 3.40. The van der Waals surface area contributed by atoms with Gasteiger partial charge in [-0.25, -0.2) is 0 Å². The minimum atomic E-state index is 0.460. The van der Waals surface area contributed by atoms with Gasteiger partial charge in [-0.15, -0.1) is 0 Å². The van der Waals surface area contributed by atoms with Crippen LogP contribution in [0.1, 0.15) is 0 Å². The molecule has 0 radical (unpaired) electrons. The van der Waals surface area contributed by atoms with E-state index in [-0.39, 0.29) is 0 Å². The Kier molecular flexibility index (Phi) is 4.31. The molecule has 0 aromatic heterocycles. The van der Waals surface area contributed by atoms with Gasteiger partial charge in [0, 0.05) is 20.1 Å². The summed E-state index contributed by atoms with van der Waals surface area (Å²) in [5, 5.41) is 0.460. The molecule has 0 amide bonds. The molecule has 4 heteroatoms. The van der Waals surface area contributed by atoms with Gasteiger partial charge >= 0.3 is 0 Å². The fourth-order valence-electron chi connectivity index (χ4n) is 0.460. The van der Waals surface area contributed by atoms with E-state index in [4.69, 9.17) is 18.0 Å². The van der Waals surface area contributed by atoms with E-state index in [1.54, 1.807) is 0 Å². The van der Waals surface area contributed by atoms with Gasteiger partial charge < -0.3 is 15.5 Å². The molecule has 0 saturated carbocycles. The Bertz CT molecular complexity index is 114. The maximum absolute atomic E-state index is 5.36. The van der Waals surface area contributed by atoms with Gasteiger partial charge in [-0.1, -0.05) is 0 Å². The number of nitrogens with two attached hydrogens (primary N) is 1. The van der Waals surface area contributed by atoms with Crippen LogP contribution in [0.4, 0.5) is 0 Å². The Morgan fingerprint density at radius 2 is 1.80 bits per heavy atom. The van der Waals surface area contributed by atoms with Crippen LogP contribution < -0.4 is 5.73 Å². The molecule has 0 spiro atoms. The fraction of sp³-hybridized carbons (Fsp3) is 0.833. The first-order valence-corrected chi connectivity index (χ1v) is 3.60. The summed E-state index contributed by atoms with van der Waals surface area (Å²) in [6.45, 7) is 1.87. The molecule has 0 fully saturated rings. The standard InChI is InChI=1S/C6H15N3S/c1-8(2)4-5-9(3)6(7)10/h4-5H2,1-3H3,(H2,7,10). The fourth-order valence-corrected chi connectivity index (χ4v) is 0.551. The highest BCUT2D eigenvalue weighted by molar-refractivity contribution is 7.80. The maximum atomic E-state index is 5.36. The molecule has 0 aliphatic carbocycles. The van der Waals surface area contributed by atoms with Crippen LogP contribution in [0.2, 0.25) is 0 Å². The van der Waals surface area contributed by atoms with Gasteiger partial charge in [0.05, 0.1) is 0 Å². The minimum absolute atomic E-state index is 0.460.